The summed E-state index contributed by atoms with van der Waals surface area (Å²) in [6.45, 7) is 7.55. The zero-order valence-corrected chi connectivity index (χ0v) is 17.4. The fourth-order valence-electron chi connectivity index (χ4n) is 5.86. The third-order valence-electron chi connectivity index (χ3n) is 6.46. The molecule has 0 aromatic heterocycles. The summed E-state index contributed by atoms with van der Waals surface area (Å²) < 4.78 is 32.3. The van der Waals surface area contributed by atoms with E-state index >= 15 is 0 Å². The smallest absolute Gasteiger partial charge is 0.333 e. The standard InChI is InChI=1S/C21H26O4S2/c1-14(2)18(22)25-21-12-15-9-16(13-21)11-20(3,10-15)19(21)26-27(23,24)17-7-5-4-6-8-17/h4-8,15-16,19H,1,9-13H2,2-3H3. The van der Waals surface area contributed by atoms with Crippen molar-refractivity contribution in [1.29, 1.82) is 0 Å². The Kier molecular flexibility index (Phi) is 4.50. The molecule has 27 heavy (non-hydrogen) atoms. The van der Waals surface area contributed by atoms with Crippen molar-refractivity contribution in [2.24, 2.45) is 17.3 Å². The molecule has 3 unspecified atom stereocenters. The van der Waals surface area contributed by atoms with Gasteiger partial charge in [0.15, 0.2) is 0 Å². The summed E-state index contributed by atoms with van der Waals surface area (Å²) in [4.78, 5) is 12.7. The van der Waals surface area contributed by atoms with Crippen LogP contribution in [0.15, 0.2) is 47.4 Å². The van der Waals surface area contributed by atoms with E-state index in [9.17, 15) is 13.2 Å². The molecule has 3 atom stereocenters. The maximum atomic E-state index is 13.1. The van der Waals surface area contributed by atoms with Gasteiger partial charge >= 0.3 is 5.97 Å². The van der Waals surface area contributed by atoms with Gasteiger partial charge in [0.2, 0.25) is 8.87 Å². The van der Waals surface area contributed by atoms with Crippen LogP contribution < -0.4 is 0 Å². The van der Waals surface area contributed by atoms with Crippen LogP contribution >= 0.6 is 10.8 Å². The van der Waals surface area contributed by atoms with Crippen molar-refractivity contribution in [2.45, 2.75) is 61.7 Å². The highest BCUT2D eigenvalue weighted by atomic mass is 33.1. The molecule has 1 aromatic carbocycles. The first-order valence-electron chi connectivity index (χ1n) is 9.51. The van der Waals surface area contributed by atoms with Crippen molar-refractivity contribution < 1.29 is 17.9 Å². The van der Waals surface area contributed by atoms with E-state index in [1.54, 1.807) is 31.2 Å². The molecule has 4 aliphatic rings. The van der Waals surface area contributed by atoms with Crippen LogP contribution in [0.25, 0.3) is 0 Å². The number of esters is 1. The van der Waals surface area contributed by atoms with E-state index in [0.29, 0.717) is 22.3 Å². The number of carbonyl (C=O) groups is 1. The Morgan fingerprint density at radius 1 is 1.15 bits per heavy atom. The Hall–Kier alpha value is -1.27. The molecular weight excluding hydrogens is 380 g/mol. The highest BCUT2D eigenvalue weighted by molar-refractivity contribution is 8.72. The van der Waals surface area contributed by atoms with Gasteiger partial charge in [-0.15, -0.1) is 0 Å². The Bertz CT molecular complexity index is 861. The van der Waals surface area contributed by atoms with Gasteiger partial charge in [-0.2, -0.15) is 0 Å². The summed E-state index contributed by atoms with van der Waals surface area (Å²) in [5, 5.41) is -0.258. The van der Waals surface area contributed by atoms with Gasteiger partial charge < -0.3 is 4.74 Å². The molecule has 4 saturated carbocycles. The van der Waals surface area contributed by atoms with Crippen molar-refractivity contribution in [3.63, 3.8) is 0 Å². The van der Waals surface area contributed by atoms with Crippen molar-refractivity contribution in [1.82, 2.24) is 0 Å². The second-order valence-electron chi connectivity index (χ2n) is 8.92. The minimum absolute atomic E-state index is 0.133. The number of carbonyl (C=O) groups excluding carboxylic acids is 1. The molecule has 0 aliphatic heterocycles. The quantitative estimate of drug-likeness (QED) is 0.407. The normalized spacial score (nSPS) is 37.2. The monoisotopic (exact) mass is 406 g/mol. The van der Waals surface area contributed by atoms with Crippen LogP contribution in [-0.4, -0.2) is 25.2 Å². The maximum absolute atomic E-state index is 13.1. The van der Waals surface area contributed by atoms with Gasteiger partial charge in [-0.1, -0.05) is 31.7 Å². The fraction of sp³-hybridized carbons (Fsp3) is 0.571. The number of hydrogen-bond donors (Lipinski definition) is 0. The molecule has 0 heterocycles. The van der Waals surface area contributed by atoms with Crippen LogP contribution in [0.5, 0.6) is 0 Å². The first kappa shape index (κ1) is 19.1. The van der Waals surface area contributed by atoms with Crippen LogP contribution in [0, 0.1) is 17.3 Å². The molecule has 0 amide bonds. The Labute approximate surface area is 165 Å². The fourth-order valence-corrected chi connectivity index (χ4v) is 10.2. The molecule has 6 heteroatoms. The predicted octanol–water partition coefficient (Wildman–Crippen LogP) is 4.57. The molecule has 146 valence electrons. The third kappa shape index (κ3) is 3.25. The first-order chi connectivity index (χ1) is 12.6. The van der Waals surface area contributed by atoms with Gasteiger partial charge in [0.1, 0.15) is 5.60 Å². The molecule has 4 aliphatic carbocycles. The van der Waals surface area contributed by atoms with Gasteiger partial charge in [-0.05, 0) is 79.2 Å². The second-order valence-corrected chi connectivity index (χ2v) is 12.9. The summed E-state index contributed by atoms with van der Waals surface area (Å²) in [7, 11) is -2.53. The van der Waals surface area contributed by atoms with E-state index < -0.39 is 20.4 Å². The molecule has 5 rings (SSSR count). The molecule has 4 nitrogen and oxygen atoms in total. The van der Waals surface area contributed by atoms with E-state index in [1.165, 1.54) is 6.42 Å². The van der Waals surface area contributed by atoms with Crippen LogP contribution in [-0.2, 0) is 18.4 Å². The highest BCUT2D eigenvalue weighted by Gasteiger charge is 2.65. The largest absolute Gasteiger partial charge is 0.454 e. The molecule has 0 N–H and O–H groups in total. The lowest BCUT2D eigenvalue weighted by molar-refractivity contribution is -0.191. The van der Waals surface area contributed by atoms with Crippen LogP contribution in [0.1, 0.15) is 46.0 Å². The van der Waals surface area contributed by atoms with Crippen LogP contribution in [0.3, 0.4) is 0 Å². The van der Waals surface area contributed by atoms with Crippen molar-refractivity contribution in [3.8, 4) is 0 Å². The topological polar surface area (TPSA) is 60.4 Å². The third-order valence-corrected chi connectivity index (χ3v) is 10.7. The van der Waals surface area contributed by atoms with Crippen molar-refractivity contribution >= 4 is 25.6 Å². The molecular formula is C21H26O4S2. The molecule has 1 aromatic rings. The summed E-state index contributed by atoms with van der Waals surface area (Å²) in [5.74, 6) is 0.622. The first-order valence-corrected chi connectivity index (χ1v) is 12.4. The lowest BCUT2D eigenvalue weighted by Gasteiger charge is -2.64. The summed E-state index contributed by atoms with van der Waals surface area (Å²) in [6, 6.07) is 8.55. The van der Waals surface area contributed by atoms with E-state index in [2.05, 4.69) is 13.5 Å². The highest BCUT2D eigenvalue weighted by Crippen LogP contribution is 2.66. The van der Waals surface area contributed by atoms with Crippen LogP contribution in [0.2, 0.25) is 0 Å². The van der Waals surface area contributed by atoms with E-state index in [0.717, 1.165) is 36.5 Å². The average molecular weight is 407 g/mol. The second kappa shape index (κ2) is 6.38. The van der Waals surface area contributed by atoms with Gasteiger partial charge in [0.05, 0.1) is 10.1 Å². The zero-order chi connectivity index (χ0) is 19.4. The maximum Gasteiger partial charge on any atom is 0.333 e. The molecule has 0 radical (unpaired) electrons. The Morgan fingerprint density at radius 3 is 2.30 bits per heavy atom. The zero-order valence-electron chi connectivity index (χ0n) is 15.8. The lowest BCUT2D eigenvalue weighted by Crippen LogP contribution is -2.65. The van der Waals surface area contributed by atoms with E-state index in [-0.39, 0.29) is 10.7 Å². The summed E-state index contributed by atoms with van der Waals surface area (Å²) in [5.41, 5.74) is -0.474. The summed E-state index contributed by atoms with van der Waals surface area (Å²) in [6.07, 6.45) is 4.72. The van der Waals surface area contributed by atoms with Gasteiger partial charge in [-0.3, -0.25) is 0 Å². The SMILES string of the molecule is C=C(C)C(=O)OC12CC3CC(CC(C)(C3)C1SS(=O)(=O)c1ccccc1)C2. The van der Waals surface area contributed by atoms with Crippen molar-refractivity contribution in [3.05, 3.63) is 42.5 Å². The molecule has 4 bridgehead atoms. The van der Waals surface area contributed by atoms with Gasteiger partial charge in [0.25, 0.3) is 0 Å². The molecule has 4 fully saturated rings. The van der Waals surface area contributed by atoms with Gasteiger partial charge in [-0.25, -0.2) is 13.2 Å². The minimum atomic E-state index is -3.53. The lowest BCUT2D eigenvalue weighted by atomic mass is 9.48. The Morgan fingerprint density at radius 2 is 1.74 bits per heavy atom. The minimum Gasteiger partial charge on any atom is -0.454 e. The summed E-state index contributed by atoms with van der Waals surface area (Å²) >= 11 is 0. The predicted molar refractivity (Wildman–Crippen MR) is 107 cm³/mol. The van der Waals surface area contributed by atoms with Crippen molar-refractivity contribution in [2.75, 3.05) is 0 Å². The molecule has 0 spiro atoms. The Balaban J connectivity index is 1.72. The van der Waals surface area contributed by atoms with Crippen LogP contribution in [0.4, 0.5) is 0 Å². The number of ether oxygens (including phenoxy) is 1. The number of hydrogen-bond acceptors (Lipinski definition) is 5. The van der Waals surface area contributed by atoms with Gasteiger partial charge in [0, 0.05) is 5.57 Å². The number of rotatable bonds is 5. The number of benzene rings is 1. The average Bonchev–Trinajstić information content (AvgIpc) is 2.58. The van der Waals surface area contributed by atoms with E-state index in [1.807, 2.05) is 6.07 Å². The molecule has 0 saturated heterocycles. The van der Waals surface area contributed by atoms with E-state index in [4.69, 9.17) is 4.74 Å².